The Kier molecular flexibility index (Phi) is 8.68. The third-order valence-electron chi connectivity index (χ3n) is 5.15. The van der Waals surface area contributed by atoms with E-state index in [-0.39, 0.29) is 0 Å². The monoisotopic (exact) mass is 438 g/mol. The van der Waals surface area contributed by atoms with E-state index in [0.717, 1.165) is 65.9 Å². The van der Waals surface area contributed by atoms with E-state index >= 15 is 0 Å². The summed E-state index contributed by atoms with van der Waals surface area (Å²) in [6, 6.07) is 17.7. The van der Waals surface area contributed by atoms with Crippen molar-refractivity contribution in [2.75, 3.05) is 31.5 Å². The zero-order valence-corrected chi connectivity index (χ0v) is 19.3. The summed E-state index contributed by atoms with van der Waals surface area (Å²) in [6.45, 7) is 11.0. The largest absolute Gasteiger partial charge is 0.489 e. The van der Waals surface area contributed by atoms with E-state index in [1.165, 1.54) is 0 Å². The van der Waals surface area contributed by atoms with Gasteiger partial charge in [-0.2, -0.15) is 0 Å². The Morgan fingerprint density at radius 1 is 0.968 bits per heavy atom. The molecular weight excluding hydrogens is 408 g/mol. The molecule has 0 spiro atoms. The molecule has 0 aliphatic heterocycles. The lowest BCUT2D eigenvalue weighted by Crippen LogP contribution is -2.25. The summed E-state index contributed by atoms with van der Waals surface area (Å²) in [6.07, 6.45) is 1.06. The molecule has 6 heteroatoms. The minimum atomic E-state index is 0.505. The summed E-state index contributed by atoms with van der Waals surface area (Å²) in [4.78, 5) is 11.7. The molecule has 1 N–H and O–H groups in total. The molecule has 0 aliphatic rings. The van der Waals surface area contributed by atoms with Crippen LogP contribution in [-0.2, 0) is 6.61 Å². The van der Waals surface area contributed by atoms with E-state index in [0.29, 0.717) is 12.6 Å². The lowest BCUT2D eigenvalue weighted by Gasteiger charge is -2.17. The van der Waals surface area contributed by atoms with Crippen LogP contribution < -0.4 is 10.1 Å². The maximum absolute atomic E-state index is 5.93. The van der Waals surface area contributed by atoms with Crippen LogP contribution in [0.1, 0.15) is 31.5 Å². The van der Waals surface area contributed by atoms with Gasteiger partial charge in [0.1, 0.15) is 12.4 Å². The van der Waals surface area contributed by atoms with Gasteiger partial charge in [-0.1, -0.05) is 37.6 Å². The first-order valence-corrected chi connectivity index (χ1v) is 11.2. The highest BCUT2D eigenvalue weighted by Crippen LogP contribution is 2.23. The smallest absolute Gasteiger partial charge is 0.223 e. The van der Waals surface area contributed by atoms with E-state index in [1.54, 1.807) is 0 Å². The Balaban J connectivity index is 1.58. The van der Waals surface area contributed by atoms with Crippen molar-refractivity contribution >= 4 is 17.5 Å². The highest BCUT2D eigenvalue weighted by atomic mass is 35.5. The lowest BCUT2D eigenvalue weighted by atomic mass is 10.1. The number of benzene rings is 2. The van der Waals surface area contributed by atoms with Gasteiger partial charge in [-0.15, -0.1) is 0 Å². The number of anilines is 1. The summed E-state index contributed by atoms with van der Waals surface area (Å²) in [7, 11) is 0. The highest BCUT2D eigenvalue weighted by Gasteiger charge is 2.06. The second-order valence-corrected chi connectivity index (χ2v) is 7.90. The summed E-state index contributed by atoms with van der Waals surface area (Å²) >= 11 is 5.93. The number of halogens is 1. The molecule has 0 saturated heterocycles. The van der Waals surface area contributed by atoms with Crippen molar-refractivity contribution in [2.45, 2.75) is 33.8 Å². The number of aryl methyl sites for hydroxylation is 1. The van der Waals surface area contributed by atoms with Crippen LogP contribution in [0.15, 0.2) is 54.6 Å². The Labute approximate surface area is 190 Å². The number of hydrogen-bond acceptors (Lipinski definition) is 5. The molecule has 0 amide bonds. The molecule has 2 aromatic carbocycles. The van der Waals surface area contributed by atoms with Crippen molar-refractivity contribution in [1.82, 2.24) is 14.9 Å². The minimum Gasteiger partial charge on any atom is -0.489 e. The van der Waals surface area contributed by atoms with Crippen molar-refractivity contribution in [3.63, 3.8) is 0 Å². The minimum absolute atomic E-state index is 0.505. The van der Waals surface area contributed by atoms with Gasteiger partial charge in [0, 0.05) is 22.8 Å². The molecule has 0 aliphatic carbocycles. The van der Waals surface area contributed by atoms with Crippen LogP contribution in [0.2, 0.25) is 5.02 Å². The average molecular weight is 439 g/mol. The van der Waals surface area contributed by atoms with E-state index in [1.807, 2.05) is 61.5 Å². The molecule has 0 bridgehead atoms. The Bertz CT molecular complexity index is 941. The number of ether oxygens (including phenoxy) is 1. The second-order valence-electron chi connectivity index (χ2n) is 7.46. The number of aromatic nitrogens is 2. The molecule has 3 aromatic rings. The Hall–Kier alpha value is -2.63. The molecule has 0 saturated carbocycles. The molecule has 5 nitrogen and oxygen atoms in total. The lowest BCUT2D eigenvalue weighted by molar-refractivity contribution is 0.303. The summed E-state index contributed by atoms with van der Waals surface area (Å²) < 4.78 is 5.88. The zero-order valence-electron chi connectivity index (χ0n) is 18.6. The molecule has 164 valence electrons. The third kappa shape index (κ3) is 7.23. The van der Waals surface area contributed by atoms with E-state index < -0.39 is 0 Å². The molecule has 0 unspecified atom stereocenters. The van der Waals surface area contributed by atoms with Crippen LogP contribution in [-0.4, -0.2) is 41.0 Å². The Morgan fingerprint density at radius 2 is 1.68 bits per heavy atom. The van der Waals surface area contributed by atoms with Gasteiger partial charge in [-0.25, -0.2) is 9.97 Å². The van der Waals surface area contributed by atoms with Crippen LogP contribution >= 0.6 is 11.6 Å². The molecule has 3 rings (SSSR count). The van der Waals surface area contributed by atoms with Gasteiger partial charge in [-0.05, 0) is 81.0 Å². The van der Waals surface area contributed by atoms with Crippen LogP contribution in [0.3, 0.4) is 0 Å². The highest BCUT2D eigenvalue weighted by molar-refractivity contribution is 6.30. The number of nitrogens with zero attached hydrogens (tertiary/aromatic N) is 3. The van der Waals surface area contributed by atoms with Crippen LogP contribution in [0.5, 0.6) is 5.75 Å². The quantitative estimate of drug-likeness (QED) is 0.382. The zero-order chi connectivity index (χ0) is 22.1. The summed E-state index contributed by atoms with van der Waals surface area (Å²) in [5.41, 5.74) is 3.97. The molecule has 1 aromatic heterocycles. The SMILES string of the molecule is CCN(CC)CCCNc1nc(C)cc(-c2ccc(OCc3ccc(Cl)cc3)cc2)n1. The standard InChI is InChI=1S/C25H31ClN4O/c1-4-30(5-2)16-6-15-27-25-28-19(3)17-24(29-25)21-9-13-23(14-10-21)31-18-20-7-11-22(26)12-8-20/h7-14,17H,4-6,15-16,18H2,1-3H3,(H,27,28,29). The predicted octanol–water partition coefficient (Wildman–Crippen LogP) is 5.83. The van der Waals surface area contributed by atoms with E-state index in [9.17, 15) is 0 Å². The second kappa shape index (κ2) is 11.7. The first-order chi connectivity index (χ1) is 15.1. The number of hydrogen-bond donors (Lipinski definition) is 1. The van der Waals surface area contributed by atoms with Crippen LogP contribution in [0, 0.1) is 6.92 Å². The van der Waals surface area contributed by atoms with Crippen molar-refractivity contribution in [1.29, 1.82) is 0 Å². The maximum Gasteiger partial charge on any atom is 0.223 e. The van der Waals surface area contributed by atoms with Gasteiger partial charge in [0.05, 0.1) is 5.69 Å². The molecule has 0 atom stereocenters. The fourth-order valence-electron chi connectivity index (χ4n) is 3.31. The first kappa shape index (κ1) is 23.0. The van der Waals surface area contributed by atoms with Gasteiger partial charge < -0.3 is 15.0 Å². The fourth-order valence-corrected chi connectivity index (χ4v) is 3.43. The molecular formula is C25H31ClN4O. The first-order valence-electron chi connectivity index (χ1n) is 10.9. The summed E-state index contributed by atoms with van der Waals surface area (Å²) in [5, 5.41) is 4.10. The van der Waals surface area contributed by atoms with E-state index in [4.69, 9.17) is 21.3 Å². The van der Waals surface area contributed by atoms with Crippen molar-refractivity contribution in [3.05, 3.63) is 70.9 Å². The molecule has 31 heavy (non-hydrogen) atoms. The van der Waals surface area contributed by atoms with Gasteiger partial charge >= 0.3 is 0 Å². The van der Waals surface area contributed by atoms with Crippen LogP contribution in [0.25, 0.3) is 11.3 Å². The number of nitrogens with one attached hydrogen (secondary N) is 1. The van der Waals surface area contributed by atoms with Crippen molar-refractivity contribution in [3.8, 4) is 17.0 Å². The fraction of sp³-hybridized carbons (Fsp3) is 0.360. The maximum atomic E-state index is 5.93. The van der Waals surface area contributed by atoms with E-state index in [2.05, 4.69) is 29.0 Å². The predicted molar refractivity (Wildman–Crippen MR) is 129 cm³/mol. The van der Waals surface area contributed by atoms with Gasteiger partial charge in [0.25, 0.3) is 0 Å². The third-order valence-corrected chi connectivity index (χ3v) is 5.40. The summed E-state index contributed by atoms with van der Waals surface area (Å²) in [5.74, 6) is 1.50. The van der Waals surface area contributed by atoms with Crippen molar-refractivity contribution in [2.24, 2.45) is 0 Å². The topological polar surface area (TPSA) is 50.3 Å². The molecule has 1 heterocycles. The normalized spacial score (nSPS) is 11.0. The van der Waals surface area contributed by atoms with Crippen molar-refractivity contribution < 1.29 is 4.74 Å². The Morgan fingerprint density at radius 3 is 2.35 bits per heavy atom. The average Bonchev–Trinajstić information content (AvgIpc) is 2.79. The molecule has 0 radical (unpaired) electrons. The van der Waals surface area contributed by atoms with Gasteiger partial charge in [-0.3, -0.25) is 0 Å². The van der Waals surface area contributed by atoms with Crippen LogP contribution in [0.4, 0.5) is 5.95 Å². The van der Waals surface area contributed by atoms with Gasteiger partial charge in [0.15, 0.2) is 0 Å². The molecule has 0 fully saturated rings. The number of rotatable bonds is 11. The van der Waals surface area contributed by atoms with Gasteiger partial charge in [0.2, 0.25) is 5.95 Å².